The molecule has 1 aromatic carbocycles. The van der Waals surface area contributed by atoms with Crippen LogP contribution in [-0.4, -0.2) is 50.5 Å². The minimum atomic E-state index is -4.56. The van der Waals surface area contributed by atoms with Crippen molar-refractivity contribution >= 4 is 21.8 Å². The first kappa shape index (κ1) is 21.0. The molecule has 2 fully saturated rings. The van der Waals surface area contributed by atoms with Crippen molar-refractivity contribution in [2.75, 3.05) is 31.1 Å². The normalized spacial score (nSPS) is 21.4. The Bertz CT molecular complexity index is 726. The number of rotatable bonds is 5. The van der Waals surface area contributed by atoms with Crippen molar-refractivity contribution in [2.45, 2.75) is 42.8 Å². The van der Waals surface area contributed by atoms with Crippen LogP contribution in [0.25, 0.3) is 0 Å². The summed E-state index contributed by atoms with van der Waals surface area (Å²) in [4.78, 5) is 2.17. The van der Waals surface area contributed by atoms with Crippen LogP contribution in [0.2, 0.25) is 0 Å². The summed E-state index contributed by atoms with van der Waals surface area (Å²) in [6.07, 6.45) is -0.297. The van der Waals surface area contributed by atoms with Crippen molar-refractivity contribution in [1.29, 1.82) is 0 Å². The highest BCUT2D eigenvalue weighted by molar-refractivity contribution is 7.99. The van der Waals surface area contributed by atoms with Gasteiger partial charge < -0.3 is 4.90 Å². The lowest BCUT2D eigenvalue weighted by Crippen LogP contribution is -2.44. The molecule has 0 radical (unpaired) electrons. The Labute approximate surface area is 162 Å². The van der Waals surface area contributed by atoms with E-state index in [1.165, 1.54) is 30.4 Å². The Morgan fingerprint density at radius 1 is 1.11 bits per heavy atom. The van der Waals surface area contributed by atoms with Crippen molar-refractivity contribution < 1.29 is 21.6 Å². The van der Waals surface area contributed by atoms with E-state index in [0.717, 1.165) is 38.1 Å². The Balaban J connectivity index is 1.52. The van der Waals surface area contributed by atoms with Crippen LogP contribution >= 0.6 is 11.8 Å². The predicted octanol–water partition coefficient (Wildman–Crippen LogP) is 3.59. The highest BCUT2D eigenvalue weighted by Crippen LogP contribution is 2.30. The zero-order chi connectivity index (χ0) is 19.5. The molecule has 2 heterocycles. The van der Waals surface area contributed by atoms with Crippen molar-refractivity contribution in [2.24, 2.45) is 5.92 Å². The van der Waals surface area contributed by atoms with Gasteiger partial charge in [-0.05, 0) is 74.4 Å². The van der Waals surface area contributed by atoms with Gasteiger partial charge in [0.25, 0.3) is 0 Å². The first-order valence-corrected chi connectivity index (χ1v) is 11.9. The molecular weight excluding hydrogens is 397 g/mol. The van der Waals surface area contributed by atoms with Crippen LogP contribution in [-0.2, 0) is 16.2 Å². The van der Waals surface area contributed by atoms with Crippen LogP contribution in [0.15, 0.2) is 29.2 Å². The molecule has 0 unspecified atom stereocenters. The van der Waals surface area contributed by atoms with Gasteiger partial charge in [-0.2, -0.15) is 24.9 Å². The molecule has 2 aliphatic heterocycles. The van der Waals surface area contributed by atoms with E-state index in [4.69, 9.17) is 0 Å². The molecule has 2 saturated heterocycles. The molecule has 0 atom stereocenters. The summed E-state index contributed by atoms with van der Waals surface area (Å²) < 4.78 is 65.7. The number of benzene rings is 1. The summed E-state index contributed by atoms with van der Waals surface area (Å²) in [6, 6.07) is 4.53. The first-order chi connectivity index (χ1) is 12.8. The van der Waals surface area contributed by atoms with Gasteiger partial charge in [0.2, 0.25) is 10.0 Å². The van der Waals surface area contributed by atoms with Crippen molar-refractivity contribution in [3.05, 3.63) is 29.8 Å². The number of alkyl halides is 3. The molecular formula is C18H25F3N2O2S2. The molecule has 4 nitrogen and oxygen atoms in total. The van der Waals surface area contributed by atoms with Gasteiger partial charge in [0.15, 0.2) is 0 Å². The summed E-state index contributed by atoms with van der Waals surface area (Å²) in [5, 5.41) is 0. The second kappa shape index (κ2) is 8.71. The van der Waals surface area contributed by atoms with Gasteiger partial charge >= 0.3 is 6.18 Å². The number of thioether (sulfide) groups is 1. The average molecular weight is 423 g/mol. The SMILES string of the molecule is O=S(=O)(NCC1CCN(C2CCSCC2)CC1)c1cccc(C(F)(F)F)c1. The minimum absolute atomic E-state index is 0.222. The van der Waals surface area contributed by atoms with Crippen LogP contribution < -0.4 is 4.72 Å². The number of likely N-dealkylation sites (tertiary alicyclic amines) is 1. The van der Waals surface area contributed by atoms with E-state index in [-0.39, 0.29) is 17.4 Å². The fourth-order valence-corrected chi connectivity index (χ4v) is 5.97. The smallest absolute Gasteiger partial charge is 0.300 e. The Hall–Kier alpha value is -0.770. The third kappa shape index (κ3) is 5.62. The molecule has 0 aliphatic carbocycles. The topological polar surface area (TPSA) is 49.4 Å². The summed E-state index contributed by atoms with van der Waals surface area (Å²) in [5.74, 6) is 2.64. The number of hydrogen-bond donors (Lipinski definition) is 1. The zero-order valence-electron chi connectivity index (χ0n) is 15.0. The van der Waals surface area contributed by atoms with Gasteiger partial charge in [0.1, 0.15) is 0 Å². The lowest BCUT2D eigenvalue weighted by Gasteiger charge is -2.39. The second-order valence-electron chi connectivity index (χ2n) is 7.20. The maximum atomic E-state index is 12.8. The van der Waals surface area contributed by atoms with E-state index >= 15 is 0 Å². The molecule has 0 spiro atoms. The van der Waals surface area contributed by atoms with Gasteiger partial charge in [0.05, 0.1) is 10.5 Å². The Kier molecular flexibility index (Phi) is 6.76. The van der Waals surface area contributed by atoms with E-state index in [9.17, 15) is 21.6 Å². The molecule has 0 saturated carbocycles. The number of piperidine rings is 1. The van der Waals surface area contributed by atoms with Gasteiger partial charge in [-0.25, -0.2) is 13.1 Å². The second-order valence-corrected chi connectivity index (χ2v) is 10.2. The molecule has 1 aromatic rings. The fraction of sp³-hybridized carbons (Fsp3) is 0.667. The number of hydrogen-bond acceptors (Lipinski definition) is 4. The number of halogens is 3. The molecule has 27 heavy (non-hydrogen) atoms. The fourth-order valence-electron chi connectivity index (χ4n) is 3.72. The average Bonchev–Trinajstić information content (AvgIpc) is 2.67. The number of sulfonamides is 1. The maximum absolute atomic E-state index is 12.8. The number of nitrogens with one attached hydrogen (secondary N) is 1. The third-order valence-electron chi connectivity index (χ3n) is 5.39. The van der Waals surface area contributed by atoms with Crippen LogP contribution in [0.3, 0.4) is 0 Å². The molecule has 2 aliphatic rings. The van der Waals surface area contributed by atoms with Crippen molar-refractivity contribution in [3.63, 3.8) is 0 Å². The first-order valence-electron chi connectivity index (χ1n) is 9.24. The van der Waals surface area contributed by atoms with E-state index in [2.05, 4.69) is 9.62 Å². The van der Waals surface area contributed by atoms with Gasteiger partial charge in [-0.15, -0.1) is 0 Å². The van der Waals surface area contributed by atoms with Gasteiger partial charge in [-0.1, -0.05) is 6.07 Å². The summed E-state index contributed by atoms with van der Waals surface area (Å²) in [6.45, 7) is 2.20. The monoisotopic (exact) mass is 422 g/mol. The van der Waals surface area contributed by atoms with Crippen LogP contribution in [0.1, 0.15) is 31.2 Å². The van der Waals surface area contributed by atoms with Crippen LogP contribution in [0.5, 0.6) is 0 Å². The Morgan fingerprint density at radius 3 is 2.41 bits per heavy atom. The van der Waals surface area contributed by atoms with E-state index in [1.807, 2.05) is 11.8 Å². The lowest BCUT2D eigenvalue weighted by molar-refractivity contribution is -0.137. The molecule has 152 valence electrons. The van der Waals surface area contributed by atoms with Crippen molar-refractivity contribution in [1.82, 2.24) is 9.62 Å². The predicted molar refractivity (Wildman–Crippen MR) is 101 cm³/mol. The number of nitrogens with zero attached hydrogens (tertiary/aromatic N) is 1. The van der Waals surface area contributed by atoms with E-state index in [0.29, 0.717) is 12.1 Å². The van der Waals surface area contributed by atoms with Crippen LogP contribution in [0, 0.1) is 5.92 Å². The zero-order valence-corrected chi connectivity index (χ0v) is 16.7. The summed E-state index contributed by atoms with van der Waals surface area (Å²) >= 11 is 2.00. The van der Waals surface area contributed by atoms with Gasteiger partial charge in [0, 0.05) is 12.6 Å². The molecule has 3 rings (SSSR count). The maximum Gasteiger partial charge on any atom is 0.416 e. The largest absolute Gasteiger partial charge is 0.416 e. The standard InChI is InChI=1S/C18H25F3N2O2S2/c19-18(20,21)15-2-1-3-17(12-15)27(24,25)22-13-14-4-8-23(9-5-14)16-6-10-26-11-7-16/h1-3,12,14,16,22H,4-11,13H2. The van der Waals surface area contributed by atoms with Crippen LogP contribution in [0.4, 0.5) is 13.2 Å². The van der Waals surface area contributed by atoms with Gasteiger partial charge in [-0.3, -0.25) is 0 Å². The minimum Gasteiger partial charge on any atom is -0.300 e. The highest BCUT2D eigenvalue weighted by Gasteiger charge is 2.32. The molecule has 0 aromatic heterocycles. The molecule has 1 N–H and O–H groups in total. The molecule has 0 amide bonds. The lowest BCUT2D eigenvalue weighted by atomic mass is 9.95. The molecule has 9 heteroatoms. The third-order valence-corrected chi connectivity index (χ3v) is 7.86. The molecule has 0 bridgehead atoms. The van der Waals surface area contributed by atoms with E-state index in [1.54, 1.807) is 0 Å². The summed E-state index contributed by atoms with van der Waals surface area (Å²) in [7, 11) is -3.94. The van der Waals surface area contributed by atoms with E-state index < -0.39 is 21.8 Å². The quantitative estimate of drug-likeness (QED) is 0.788. The summed E-state index contributed by atoms with van der Waals surface area (Å²) in [5.41, 5.74) is -0.954. The highest BCUT2D eigenvalue weighted by atomic mass is 32.2. The van der Waals surface area contributed by atoms with Crippen molar-refractivity contribution in [3.8, 4) is 0 Å². The Morgan fingerprint density at radius 2 is 1.78 bits per heavy atom.